The Hall–Kier alpha value is -2.25. The van der Waals surface area contributed by atoms with Gasteiger partial charge >= 0.3 is 0 Å². The topological polar surface area (TPSA) is 69.6 Å². The summed E-state index contributed by atoms with van der Waals surface area (Å²) in [5, 5.41) is 12.5. The minimum atomic E-state index is -0.379. The Labute approximate surface area is 151 Å². The summed E-state index contributed by atoms with van der Waals surface area (Å²) in [6.07, 6.45) is 1.53. The van der Waals surface area contributed by atoms with E-state index in [1.54, 1.807) is 18.2 Å². The van der Waals surface area contributed by atoms with Crippen molar-refractivity contribution in [1.82, 2.24) is 4.90 Å². The quantitative estimate of drug-likeness (QED) is 0.744. The number of aromatic hydroxyl groups is 1. The van der Waals surface area contributed by atoms with Gasteiger partial charge in [0.2, 0.25) is 0 Å². The third-order valence-corrected chi connectivity index (χ3v) is 4.76. The molecule has 24 heavy (non-hydrogen) atoms. The number of anilines is 1. The monoisotopic (exact) mass is 404 g/mol. The van der Waals surface area contributed by atoms with Gasteiger partial charge in [-0.1, -0.05) is 40.2 Å². The Morgan fingerprint density at radius 3 is 2.71 bits per heavy atom. The number of benzene rings is 2. The Bertz CT molecular complexity index is 838. The maximum absolute atomic E-state index is 12.4. The van der Waals surface area contributed by atoms with Crippen LogP contribution in [0.25, 0.3) is 6.08 Å². The Kier molecular flexibility index (Phi) is 4.92. The highest BCUT2D eigenvalue weighted by molar-refractivity contribution is 9.10. The molecule has 7 heteroatoms. The average molecular weight is 405 g/mol. The predicted octanol–water partition coefficient (Wildman–Crippen LogP) is 4.26. The van der Waals surface area contributed by atoms with Crippen LogP contribution in [0.3, 0.4) is 0 Å². The molecule has 1 aliphatic heterocycles. The van der Waals surface area contributed by atoms with Crippen LogP contribution < -0.4 is 5.32 Å². The minimum Gasteiger partial charge on any atom is -0.507 e. The number of hydrogen-bond acceptors (Lipinski definition) is 5. The van der Waals surface area contributed by atoms with Gasteiger partial charge in [-0.3, -0.25) is 14.5 Å². The Morgan fingerprint density at radius 2 is 1.96 bits per heavy atom. The zero-order chi connectivity index (χ0) is 17.1. The van der Waals surface area contributed by atoms with E-state index in [9.17, 15) is 14.7 Å². The number of halogens is 1. The van der Waals surface area contributed by atoms with Crippen LogP contribution in [0, 0.1) is 0 Å². The molecule has 0 aliphatic carbocycles. The first-order chi connectivity index (χ1) is 11.5. The number of imide groups is 1. The molecule has 1 fully saturated rings. The third kappa shape index (κ3) is 3.63. The van der Waals surface area contributed by atoms with E-state index >= 15 is 0 Å². The summed E-state index contributed by atoms with van der Waals surface area (Å²) in [4.78, 5) is 25.9. The van der Waals surface area contributed by atoms with Crippen molar-refractivity contribution in [3.63, 3.8) is 0 Å². The molecule has 2 N–H and O–H groups in total. The minimum absolute atomic E-state index is 0.0663. The fourth-order valence-electron chi connectivity index (χ4n) is 2.16. The maximum atomic E-state index is 12.4. The molecule has 2 aromatic rings. The zero-order valence-corrected chi connectivity index (χ0v) is 14.8. The molecule has 2 amide bonds. The normalized spacial score (nSPS) is 16.0. The summed E-state index contributed by atoms with van der Waals surface area (Å²) in [6, 6.07) is 14.1. The lowest BCUT2D eigenvalue weighted by Gasteiger charge is -2.14. The van der Waals surface area contributed by atoms with Crippen LogP contribution in [0.4, 0.5) is 10.5 Å². The number of carbonyl (C=O) groups excluding carboxylic acids is 2. The molecule has 3 rings (SSSR count). The summed E-state index contributed by atoms with van der Waals surface area (Å²) in [5.74, 6) is -0.313. The molecule has 122 valence electrons. The van der Waals surface area contributed by atoms with Crippen molar-refractivity contribution in [2.75, 3.05) is 12.0 Å². The molecule has 0 bridgehead atoms. The fourth-order valence-corrected chi connectivity index (χ4v) is 3.38. The number of para-hydroxylation sites is 1. The number of nitrogens with one attached hydrogen (secondary N) is 1. The van der Waals surface area contributed by atoms with Gasteiger partial charge in [0.25, 0.3) is 11.1 Å². The van der Waals surface area contributed by atoms with Crippen LogP contribution in [0.2, 0.25) is 0 Å². The van der Waals surface area contributed by atoms with Gasteiger partial charge < -0.3 is 10.4 Å². The van der Waals surface area contributed by atoms with Gasteiger partial charge in [0.1, 0.15) is 5.75 Å². The van der Waals surface area contributed by atoms with E-state index in [1.165, 1.54) is 12.1 Å². The number of amides is 2. The molecule has 1 saturated heterocycles. The SMILES string of the molecule is O=C1S/C(=C/c2ccccc2O)C(=O)N1CNc1cccc(Br)c1. The van der Waals surface area contributed by atoms with Crippen molar-refractivity contribution in [3.05, 3.63) is 63.5 Å². The van der Waals surface area contributed by atoms with Crippen molar-refractivity contribution >= 4 is 50.6 Å². The van der Waals surface area contributed by atoms with E-state index in [2.05, 4.69) is 21.2 Å². The van der Waals surface area contributed by atoms with Gasteiger partial charge in [-0.25, -0.2) is 0 Å². The molecular formula is C17H13BrN2O3S. The van der Waals surface area contributed by atoms with Gasteiger partial charge in [-0.2, -0.15) is 0 Å². The lowest BCUT2D eigenvalue weighted by atomic mass is 10.2. The van der Waals surface area contributed by atoms with E-state index in [0.717, 1.165) is 26.8 Å². The van der Waals surface area contributed by atoms with E-state index < -0.39 is 0 Å². The lowest BCUT2D eigenvalue weighted by Crippen LogP contribution is -2.33. The standard InChI is InChI=1S/C17H13BrN2O3S/c18-12-5-3-6-13(9-12)19-10-20-16(22)15(24-17(20)23)8-11-4-1-2-7-14(11)21/h1-9,19,21H,10H2/b15-8+. The van der Waals surface area contributed by atoms with Crippen molar-refractivity contribution in [1.29, 1.82) is 0 Å². The van der Waals surface area contributed by atoms with Crippen LogP contribution in [-0.4, -0.2) is 27.8 Å². The van der Waals surface area contributed by atoms with Crippen LogP contribution >= 0.6 is 27.7 Å². The van der Waals surface area contributed by atoms with Crippen LogP contribution in [0.1, 0.15) is 5.56 Å². The Morgan fingerprint density at radius 1 is 1.17 bits per heavy atom. The largest absolute Gasteiger partial charge is 0.507 e. The van der Waals surface area contributed by atoms with Gasteiger partial charge in [0.15, 0.2) is 0 Å². The number of nitrogens with zero attached hydrogens (tertiary/aromatic N) is 1. The number of thioether (sulfide) groups is 1. The lowest BCUT2D eigenvalue weighted by molar-refractivity contribution is -0.122. The number of rotatable bonds is 4. The molecule has 0 saturated carbocycles. The highest BCUT2D eigenvalue weighted by Crippen LogP contribution is 2.33. The second-order valence-electron chi connectivity index (χ2n) is 5.01. The molecule has 0 atom stereocenters. The first-order valence-electron chi connectivity index (χ1n) is 7.07. The number of hydrogen-bond donors (Lipinski definition) is 2. The highest BCUT2D eigenvalue weighted by Gasteiger charge is 2.34. The molecule has 1 aliphatic rings. The first kappa shape index (κ1) is 16.6. The maximum Gasteiger partial charge on any atom is 0.295 e. The molecule has 0 unspecified atom stereocenters. The molecule has 5 nitrogen and oxygen atoms in total. The first-order valence-corrected chi connectivity index (χ1v) is 8.68. The molecular weight excluding hydrogens is 392 g/mol. The molecule has 1 heterocycles. The summed E-state index contributed by atoms with van der Waals surface area (Å²) in [6.45, 7) is 0.0826. The fraction of sp³-hybridized carbons (Fsp3) is 0.0588. The number of carbonyl (C=O) groups is 2. The third-order valence-electron chi connectivity index (χ3n) is 3.36. The summed E-state index contributed by atoms with van der Waals surface area (Å²) in [7, 11) is 0. The second-order valence-corrected chi connectivity index (χ2v) is 6.92. The van der Waals surface area contributed by atoms with Crippen LogP contribution in [-0.2, 0) is 4.79 Å². The average Bonchev–Trinajstić information content (AvgIpc) is 2.82. The van der Waals surface area contributed by atoms with Gasteiger partial charge in [0.05, 0.1) is 11.6 Å². The predicted molar refractivity (Wildman–Crippen MR) is 98.5 cm³/mol. The molecule has 2 aromatic carbocycles. The van der Waals surface area contributed by atoms with E-state index in [-0.39, 0.29) is 28.5 Å². The smallest absolute Gasteiger partial charge is 0.295 e. The van der Waals surface area contributed by atoms with E-state index in [4.69, 9.17) is 0 Å². The van der Waals surface area contributed by atoms with Crippen molar-refractivity contribution < 1.29 is 14.7 Å². The van der Waals surface area contributed by atoms with Crippen molar-refractivity contribution in [2.24, 2.45) is 0 Å². The number of phenols is 1. The highest BCUT2D eigenvalue weighted by atomic mass is 79.9. The molecule has 0 aromatic heterocycles. The Balaban J connectivity index is 1.73. The molecule has 0 spiro atoms. The van der Waals surface area contributed by atoms with E-state index in [0.29, 0.717) is 5.56 Å². The summed E-state index contributed by atoms with van der Waals surface area (Å²) >= 11 is 4.23. The van der Waals surface area contributed by atoms with Gasteiger partial charge in [-0.05, 0) is 42.1 Å². The van der Waals surface area contributed by atoms with Crippen molar-refractivity contribution in [3.8, 4) is 5.75 Å². The van der Waals surface area contributed by atoms with Crippen LogP contribution in [0.5, 0.6) is 5.75 Å². The molecule has 0 radical (unpaired) electrons. The van der Waals surface area contributed by atoms with Crippen LogP contribution in [0.15, 0.2) is 57.9 Å². The number of phenolic OH excluding ortho intramolecular Hbond substituents is 1. The summed E-state index contributed by atoms with van der Waals surface area (Å²) in [5.41, 5.74) is 1.30. The van der Waals surface area contributed by atoms with E-state index in [1.807, 2.05) is 24.3 Å². The van der Waals surface area contributed by atoms with Gasteiger partial charge in [-0.15, -0.1) is 0 Å². The zero-order valence-electron chi connectivity index (χ0n) is 12.4. The second kappa shape index (κ2) is 7.11. The summed E-state index contributed by atoms with van der Waals surface area (Å²) < 4.78 is 0.904. The van der Waals surface area contributed by atoms with Gasteiger partial charge in [0, 0.05) is 15.7 Å². The van der Waals surface area contributed by atoms with Crippen molar-refractivity contribution in [2.45, 2.75) is 0 Å².